The smallest absolute Gasteiger partial charge is 0.264 e. The SMILES string of the molecule is Cc1nc2c(F)cc(-c3nc(Nc4ccc([C@H](O)C5CCN(CC(O)NCCOCCNc6cccc7c6C(=O)N(C6CCC(=O)NC6=O)C7=O)CC5)cn4)ncc3F)cc2n1C(C)C. The van der Waals surface area contributed by atoms with E-state index in [4.69, 9.17) is 4.74 Å². The minimum Gasteiger partial charge on any atom is -0.388 e. The summed E-state index contributed by atoms with van der Waals surface area (Å²) in [4.78, 5) is 70.6. The van der Waals surface area contributed by atoms with Crippen LogP contribution >= 0.6 is 0 Å². The average molecular weight is 896 g/mol. The van der Waals surface area contributed by atoms with E-state index in [1.54, 1.807) is 43.5 Å². The van der Waals surface area contributed by atoms with Gasteiger partial charge < -0.3 is 30.2 Å². The molecule has 2 saturated heterocycles. The summed E-state index contributed by atoms with van der Waals surface area (Å²) < 4.78 is 37.8. The summed E-state index contributed by atoms with van der Waals surface area (Å²) in [5.41, 5.74) is 2.37. The molecule has 5 aromatic rings. The summed E-state index contributed by atoms with van der Waals surface area (Å²) in [5, 5.41) is 33.2. The number of aliphatic hydroxyl groups excluding tert-OH is 2. The Labute approximate surface area is 372 Å². The van der Waals surface area contributed by atoms with Gasteiger partial charge in [0, 0.05) is 49.5 Å². The summed E-state index contributed by atoms with van der Waals surface area (Å²) in [6, 6.07) is 10.2. The van der Waals surface area contributed by atoms with Crippen LogP contribution in [0.5, 0.6) is 0 Å². The van der Waals surface area contributed by atoms with Gasteiger partial charge in [-0.3, -0.25) is 39.6 Å². The van der Waals surface area contributed by atoms with Crippen LogP contribution in [0.15, 0.2) is 54.9 Å². The number of aromatic nitrogens is 5. The molecular formula is C45H51F2N11O7. The molecule has 0 radical (unpaired) electrons. The molecule has 2 unspecified atom stereocenters. The molecule has 6 N–H and O–H groups in total. The second-order valence-corrected chi connectivity index (χ2v) is 16.7. The van der Waals surface area contributed by atoms with Gasteiger partial charge in [-0.1, -0.05) is 12.1 Å². The van der Waals surface area contributed by atoms with Crippen LogP contribution in [0.2, 0.25) is 0 Å². The zero-order valence-corrected chi connectivity index (χ0v) is 36.2. The fourth-order valence-corrected chi connectivity index (χ4v) is 8.81. The van der Waals surface area contributed by atoms with Gasteiger partial charge >= 0.3 is 0 Å². The number of carbonyl (C=O) groups is 4. The van der Waals surface area contributed by atoms with Crippen molar-refractivity contribution in [1.29, 1.82) is 0 Å². The molecule has 8 rings (SSSR count). The largest absolute Gasteiger partial charge is 0.388 e. The highest BCUT2D eigenvalue weighted by atomic mass is 19.1. The van der Waals surface area contributed by atoms with Crippen LogP contribution in [0.1, 0.15) is 83.8 Å². The number of halogens is 2. The molecule has 18 nitrogen and oxygen atoms in total. The van der Waals surface area contributed by atoms with E-state index in [0.717, 1.165) is 11.1 Å². The van der Waals surface area contributed by atoms with Crippen LogP contribution in [-0.2, 0) is 14.3 Å². The Morgan fingerprint density at radius 1 is 0.923 bits per heavy atom. The van der Waals surface area contributed by atoms with E-state index in [2.05, 4.69) is 46.1 Å². The van der Waals surface area contributed by atoms with Gasteiger partial charge in [0.1, 0.15) is 35.1 Å². The van der Waals surface area contributed by atoms with E-state index in [9.17, 15) is 29.4 Å². The number of imide groups is 2. The molecule has 3 aliphatic heterocycles. The number of aryl methyl sites for hydroxylation is 1. The first-order valence-electron chi connectivity index (χ1n) is 21.7. The van der Waals surface area contributed by atoms with Gasteiger partial charge in [-0.05, 0) is 94.9 Å². The average Bonchev–Trinajstić information content (AvgIpc) is 3.76. The number of rotatable bonds is 17. The molecule has 0 aliphatic carbocycles. The van der Waals surface area contributed by atoms with Crippen LogP contribution in [-0.4, -0.2) is 126 Å². The minimum absolute atomic E-state index is 0.00896. The Balaban J connectivity index is 0.744. The highest BCUT2D eigenvalue weighted by Gasteiger charge is 2.45. The zero-order chi connectivity index (χ0) is 45.9. The van der Waals surface area contributed by atoms with E-state index in [1.807, 2.05) is 18.4 Å². The van der Waals surface area contributed by atoms with E-state index in [0.29, 0.717) is 80.6 Å². The number of pyridine rings is 1. The Bertz CT molecular complexity index is 2600. The molecule has 0 bridgehead atoms. The van der Waals surface area contributed by atoms with Crippen molar-refractivity contribution in [2.24, 2.45) is 5.92 Å². The van der Waals surface area contributed by atoms with E-state index >= 15 is 8.78 Å². The number of nitrogens with zero attached hydrogens (tertiary/aromatic N) is 7. The molecule has 0 saturated carbocycles. The summed E-state index contributed by atoms with van der Waals surface area (Å²) in [7, 11) is 0. The minimum atomic E-state index is -1.04. The first-order valence-corrected chi connectivity index (χ1v) is 21.7. The maximum Gasteiger partial charge on any atom is 0.264 e. The molecule has 20 heteroatoms. The van der Waals surface area contributed by atoms with Gasteiger partial charge in [0.25, 0.3) is 11.8 Å². The Kier molecular flexibility index (Phi) is 13.5. The lowest BCUT2D eigenvalue weighted by Crippen LogP contribution is -2.54. The molecule has 65 heavy (non-hydrogen) atoms. The third-order valence-corrected chi connectivity index (χ3v) is 12.0. The second kappa shape index (κ2) is 19.4. The lowest BCUT2D eigenvalue weighted by Gasteiger charge is -2.35. The highest BCUT2D eigenvalue weighted by molar-refractivity contribution is 6.25. The Hall–Kier alpha value is -6.32. The number of ether oxygens (including phenoxy) is 1. The van der Waals surface area contributed by atoms with Crippen LogP contribution in [0.4, 0.5) is 26.2 Å². The molecular weight excluding hydrogens is 845 g/mol. The van der Waals surface area contributed by atoms with Gasteiger partial charge in [0.2, 0.25) is 17.8 Å². The number of piperidine rings is 2. The number of β-amino-alcohol motifs (C(OH)–C–C–N with tert-alkyl or cyclic N) is 1. The van der Waals surface area contributed by atoms with Gasteiger partial charge in [-0.25, -0.2) is 28.7 Å². The Morgan fingerprint density at radius 2 is 1.71 bits per heavy atom. The third-order valence-electron chi connectivity index (χ3n) is 12.0. The van der Waals surface area contributed by atoms with Crippen molar-refractivity contribution in [3.8, 4) is 11.3 Å². The van der Waals surface area contributed by atoms with Gasteiger partial charge in [-0.2, -0.15) is 0 Å². The molecule has 3 aliphatic rings. The van der Waals surface area contributed by atoms with Crippen LogP contribution in [0.25, 0.3) is 22.3 Å². The number of hydrogen-bond donors (Lipinski definition) is 6. The standard InChI is InChI=1S/C45H51F2N11O7/c1-24(2)57-25(3)52-40-30(46)19-28(20-34(40)57)39-31(47)22-51-45(55-39)53-35-9-7-27(21-50-35)41(61)26-11-15-56(16-12-26)23-37(60)49-14-18-65-17-13-48-32-6-4-5-29-38(32)44(64)58(43(29)63)33-8-10-36(59)54-42(33)62/h4-7,9,19-22,24,26,33,37,41,48-49,60-61H,8,10-18,23H2,1-3H3,(H,54,59,62)(H,50,51,53,55)/t33?,37?,41-/m1/s1. The molecule has 3 aromatic heterocycles. The van der Waals surface area contributed by atoms with E-state index in [-0.39, 0.29) is 65.3 Å². The molecule has 342 valence electrons. The van der Waals surface area contributed by atoms with Crippen molar-refractivity contribution in [1.82, 2.24) is 44.9 Å². The number of likely N-dealkylation sites (tertiary alicyclic amines) is 1. The number of amides is 4. The molecule has 4 amide bonds. The number of anilines is 3. The third kappa shape index (κ3) is 9.71. The molecule has 2 fully saturated rings. The van der Waals surface area contributed by atoms with Gasteiger partial charge in [0.15, 0.2) is 11.6 Å². The van der Waals surface area contributed by atoms with Crippen molar-refractivity contribution < 1.29 is 42.9 Å². The number of benzene rings is 2. The predicted octanol–water partition coefficient (Wildman–Crippen LogP) is 3.98. The lowest BCUT2D eigenvalue weighted by molar-refractivity contribution is -0.136. The zero-order valence-electron chi connectivity index (χ0n) is 36.2. The number of imidazole rings is 1. The normalized spacial score (nSPS) is 18.1. The summed E-state index contributed by atoms with van der Waals surface area (Å²) >= 11 is 0. The molecule has 2 aromatic carbocycles. The number of aliphatic hydroxyl groups is 2. The van der Waals surface area contributed by atoms with Crippen molar-refractivity contribution >= 4 is 52.1 Å². The van der Waals surface area contributed by atoms with Gasteiger partial charge in [-0.15, -0.1) is 0 Å². The van der Waals surface area contributed by atoms with Crippen molar-refractivity contribution in [2.75, 3.05) is 56.6 Å². The first kappa shape index (κ1) is 45.3. The van der Waals surface area contributed by atoms with Crippen LogP contribution in [0, 0.1) is 24.5 Å². The summed E-state index contributed by atoms with van der Waals surface area (Å²) in [6.07, 6.45) is 2.57. The lowest BCUT2D eigenvalue weighted by atomic mass is 9.88. The number of carbonyl (C=O) groups excluding carboxylic acids is 4. The van der Waals surface area contributed by atoms with Gasteiger partial charge in [0.05, 0.1) is 42.2 Å². The fourth-order valence-electron chi connectivity index (χ4n) is 8.81. The second-order valence-electron chi connectivity index (χ2n) is 16.7. The highest BCUT2D eigenvalue weighted by Crippen LogP contribution is 2.34. The number of hydrogen-bond acceptors (Lipinski definition) is 15. The monoisotopic (exact) mass is 895 g/mol. The molecule has 3 atom stereocenters. The van der Waals surface area contributed by atoms with Crippen molar-refractivity contribution in [3.63, 3.8) is 0 Å². The molecule has 6 heterocycles. The van der Waals surface area contributed by atoms with E-state index in [1.165, 1.54) is 12.1 Å². The van der Waals surface area contributed by atoms with Crippen LogP contribution in [0.3, 0.4) is 0 Å². The maximum absolute atomic E-state index is 15.1. The van der Waals surface area contributed by atoms with Crippen molar-refractivity contribution in [2.45, 2.75) is 70.9 Å². The number of fused-ring (bicyclic) bond motifs is 2. The Morgan fingerprint density at radius 3 is 2.45 bits per heavy atom. The fraction of sp³-hybridized carbons (Fsp3) is 0.422. The first-order chi connectivity index (χ1) is 31.3. The van der Waals surface area contributed by atoms with E-state index < -0.39 is 53.6 Å². The summed E-state index contributed by atoms with van der Waals surface area (Å²) in [5.74, 6) is -2.48. The number of nitrogens with one attached hydrogen (secondary N) is 4. The molecule has 0 spiro atoms. The predicted molar refractivity (Wildman–Crippen MR) is 234 cm³/mol. The maximum atomic E-state index is 15.1. The quantitative estimate of drug-likeness (QED) is 0.0441. The van der Waals surface area contributed by atoms with Crippen molar-refractivity contribution in [3.05, 3.63) is 89.0 Å². The topological polar surface area (TPSA) is 229 Å². The van der Waals surface area contributed by atoms with Crippen LogP contribution < -0.4 is 21.3 Å². The summed E-state index contributed by atoms with van der Waals surface area (Å²) in [6.45, 7) is 8.79.